The van der Waals surface area contributed by atoms with Crippen molar-refractivity contribution in [1.29, 1.82) is 0 Å². The van der Waals surface area contributed by atoms with E-state index in [1.54, 1.807) is 0 Å². The first-order chi connectivity index (χ1) is 6.59. The van der Waals surface area contributed by atoms with Crippen LogP contribution in [-0.2, 0) is 6.42 Å². The second-order valence-electron chi connectivity index (χ2n) is 3.82. The molecule has 0 aliphatic heterocycles. The molecule has 1 aliphatic carbocycles. The van der Waals surface area contributed by atoms with E-state index in [0.29, 0.717) is 24.0 Å². The van der Waals surface area contributed by atoms with E-state index in [-0.39, 0.29) is 16.7 Å². The fourth-order valence-electron chi connectivity index (χ4n) is 1.90. The number of halogens is 2. The standard InChI is InChI=1S/C11H10ClFO/c1-6-4-8-7(10(14)5-6)2-3-9(13)11(8)12/h2-3,6H,4-5H2,1H3. The lowest BCUT2D eigenvalue weighted by Crippen LogP contribution is -2.18. The van der Waals surface area contributed by atoms with Gasteiger partial charge in [0.1, 0.15) is 5.82 Å². The minimum absolute atomic E-state index is 0.0700. The molecule has 0 saturated heterocycles. The van der Waals surface area contributed by atoms with Gasteiger partial charge in [-0.3, -0.25) is 4.79 Å². The Hall–Kier alpha value is -0.890. The third-order valence-corrected chi connectivity index (χ3v) is 2.99. The Kier molecular flexibility index (Phi) is 2.31. The molecule has 3 heteroatoms. The maximum absolute atomic E-state index is 13.1. The van der Waals surface area contributed by atoms with Gasteiger partial charge in [-0.25, -0.2) is 4.39 Å². The maximum atomic E-state index is 13.1. The summed E-state index contributed by atoms with van der Waals surface area (Å²) in [4.78, 5) is 11.6. The summed E-state index contributed by atoms with van der Waals surface area (Å²) in [6.07, 6.45) is 1.23. The number of rotatable bonds is 0. The van der Waals surface area contributed by atoms with Gasteiger partial charge in [0.25, 0.3) is 0 Å². The van der Waals surface area contributed by atoms with Crippen molar-refractivity contribution in [1.82, 2.24) is 0 Å². The molecule has 0 saturated carbocycles. The van der Waals surface area contributed by atoms with Gasteiger partial charge >= 0.3 is 0 Å². The van der Waals surface area contributed by atoms with Crippen LogP contribution in [0.4, 0.5) is 4.39 Å². The third kappa shape index (κ3) is 1.44. The van der Waals surface area contributed by atoms with Crippen molar-refractivity contribution in [3.63, 3.8) is 0 Å². The van der Waals surface area contributed by atoms with Gasteiger partial charge in [0, 0.05) is 12.0 Å². The molecule has 2 rings (SSSR count). The zero-order chi connectivity index (χ0) is 10.3. The summed E-state index contributed by atoms with van der Waals surface area (Å²) >= 11 is 5.81. The minimum atomic E-state index is -0.438. The molecular formula is C11H10ClFO. The smallest absolute Gasteiger partial charge is 0.163 e. The second kappa shape index (κ2) is 3.35. The summed E-state index contributed by atoms with van der Waals surface area (Å²) in [5, 5.41) is 0.113. The highest BCUT2D eigenvalue weighted by atomic mass is 35.5. The van der Waals surface area contributed by atoms with Crippen LogP contribution in [0, 0.1) is 11.7 Å². The van der Waals surface area contributed by atoms with Crippen LogP contribution in [0.2, 0.25) is 5.02 Å². The van der Waals surface area contributed by atoms with Gasteiger partial charge in [-0.1, -0.05) is 18.5 Å². The average Bonchev–Trinajstić information content (AvgIpc) is 2.12. The topological polar surface area (TPSA) is 17.1 Å². The number of ketones is 1. The first-order valence-corrected chi connectivity index (χ1v) is 4.97. The summed E-state index contributed by atoms with van der Waals surface area (Å²) in [5.41, 5.74) is 1.27. The Labute approximate surface area is 86.9 Å². The van der Waals surface area contributed by atoms with Crippen molar-refractivity contribution in [2.24, 2.45) is 5.92 Å². The Morgan fingerprint density at radius 3 is 2.86 bits per heavy atom. The first kappa shape index (κ1) is 9.66. The summed E-state index contributed by atoms with van der Waals surface area (Å²) in [6.45, 7) is 1.97. The van der Waals surface area contributed by atoms with Gasteiger partial charge in [0.05, 0.1) is 5.02 Å². The molecular weight excluding hydrogens is 203 g/mol. The molecule has 1 atom stereocenters. The summed E-state index contributed by atoms with van der Waals surface area (Å²) < 4.78 is 13.1. The molecule has 1 aromatic rings. The molecule has 1 aliphatic rings. The van der Waals surface area contributed by atoms with Gasteiger partial charge in [-0.15, -0.1) is 0 Å². The summed E-state index contributed by atoms with van der Waals surface area (Å²) in [5.74, 6) is -0.109. The minimum Gasteiger partial charge on any atom is -0.294 e. The summed E-state index contributed by atoms with van der Waals surface area (Å²) in [6, 6.07) is 2.79. The fourth-order valence-corrected chi connectivity index (χ4v) is 2.14. The van der Waals surface area contributed by atoms with Crippen LogP contribution in [-0.4, -0.2) is 5.78 Å². The molecule has 74 valence electrons. The Morgan fingerprint density at radius 1 is 1.43 bits per heavy atom. The summed E-state index contributed by atoms with van der Waals surface area (Å²) in [7, 11) is 0. The van der Waals surface area contributed by atoms with Crippen molar-refractivity contribution in [3.05, 3.63) is 34.1 Å². The molecule has 0 N–H and O–H groups in total. The lowest BCUT2D eigenvalue weighted by atomic mass is 9.84. The second-order valence-corrected chi connectivity index (χ2v) is 4.20. The van der Waals surface area contributed by atoms with E-state index in [4.69, 9.17) is 11.6 Å². The Bertz CT molecular complexity index is 401. The van der Waals surface area contributed by atoms with Crippen molar-refractivity contribution in [3.8, 4) is 0 Å². The van der Waals surface area contributed by atoms with Crippen molar-refractivity contribution in [2.75, 3.05) is 0 Å². The SMILES string of the molecule is CC1CC(=O)c2ccc(F)c(Cl)c2C1. The van der Waals surface area contributed by atoms with Gasteiger partial charge < -0.3 is 0 Å². The van der Waals surface area contributed by atoms with Crippen LogP contribution in [0.15, 0.2) is 12.1 Å². The molecule has 0 aromatic heterocycles. The molecule has 1 nitrogen and oxygen atoms in total. The first-order valence-electron chi connectivity index (χ1n) is 4.59. The largest absolute Gasteiger partial charge is 0.294 e. The molecule has 0 radical (unpaired) electrons. The normalized spacial score (nSPS) is 20.8. The fraction of sp³-hybridized carbons (Fsp3) is 0.364. The number of carbonyl (C=O) groups is 1. The van der Waals surface area contributed by atoms with Crippen molar-refractivity contribution < 1.29 is 9.18 Å². The number of hydrogen-bond acceptors (Lipinski definition) is 1. The van der Waals surface area contributed by atoms with E-state index in [1.165, 1.54) is 12.1 Å². The highest BCUT2D eigenvalue weighted by molar-refractivity contribution is 6.32. The van der Waals surface area contributed by atoms with E-state index in [2.05, 4.69) is 0 Å². The van der Waals surface area contributed by atoms with Crippen LogP contribution < -0.4 is 0 Å². The van der Waals surface area contributed by atoms with Crippen LogP contribution in [0.1, 0.15) is 29.3 Å². The number of carbonyl (C=O) groups excluding carboxylic acids is 1. The number of hydrogen-bond donors (Lipinski definition) is 0. The number of Topliss-reactive ketones (excluding diaryl/α,β-unsaturated/α-hetero) is 1. The van der Waals surface area contributed by atoms with E-state index in [0.717, 1.165) is 0 Å². The molecule has 0 amide bonds. The molecule has 0 bridgehead atoms. The van der Waals surface area contributed by atoms with Crippen LogP contribution in [0.3, 0.4) is 0 Å². The maximum Gasteiger partial charge on any atom is 0.163 e. The molecule has 14 heavy (non-hydrogen) atoms. The van der Waals surface area contributed by atoms with Gasteiger partial charge in [-0.2, -0.15) is 0 Å². The molecule has 1 aromatic carbocycles. The van der Waals surface area contributed by atoms with Gasteiger partial charge in [0.2, 0.25) is 0 Å². The zero-order valence-corrected chi connectivity index (χ0v) is 8.57. The molecule has 0 fully saturated rings. The molecule has 0 spiro atoms. The highest BCUT2D eigenvalue weighted by Gasteiger charge is 2.25. The average molecular weight is 213 g/mol. The van der Waals surface area contributed by atoms with Crippen LogP contribution in [0.25, 0.3) is 0 Å². The number of fused-ring (bicyclic) bond motifs is 1. The Balaban J connectivity index is 2.59. The van der Waals surface area contributed by atoms with Crippen LogP contribution >= 0.6 is 11.6 Å². The Morgan fingerprint density at radius 2 is 2.14 bits per heavy atom. The highest BCUT2D eigenvalue weighted by Crippen LogP contribution is 2.32. The van der Waals surface area contributed by atoms with Gasteiger partial charge in [0.15, 0.2) is 5.78 Å². The van der Waals surface area contributed by atoms with Crippen molar-refractivity contribution >= 4 is 17.4 Å². The lowest BCUT2D eigenvalue weighted by Gasteiger charge is -2.21. The van der Waals surface area contributed by atoms with E-state index < -0.39 is 5.82 Å². The van der Waals surface area contributed by atoms with Gasteiger partial charge in [-0.05, 0) is 30.0 Å². The monoisotopic (exact) mass is 212 g/mol. The van der Waals surface area contributed by atoms with Crippen molar-refractivity contribution in [2.45, 2.75) is 19.8 Å². The van der Waals surface area contributed by atoms with E-state index in [1.807, 2.05) is 6.92 Å². The zero-order valence-electron chi connectivity index (χ0n) is 7.81. The molecule has 1 unspecified atom stereocenters. The lowest BCUT2D eigenvalue weighted by molar-refractivity contribution is 0.0953. The predicted octanol–water partition coefficient (Wildman–Crippen LogP) is 3.24. The molecule has 0 heterocycles. The van der Waals surface area contributed by atoms with Crippen LogP contribution in [0.5, 0.6) is 0 Å². The quantitative estimate of drug-likeness (QED) is 0.645. The van der Waals surface area contributed by atoms with E-state index in [9.17, 15) is 9.18 Å². The number of benzene rings is 1. The predicted molar refractivity (Wildman–Crippen MR) is 53.2 cm³/mol. The third-order valence-electron chi connectivity index (χ3n) is 2.58. The van der Waals surface area contributed by atoms with E-state index >= 15 is 0 Å².